The molecule has 0 fully saturated rings. The first-order chi connectivity index (χ1) is 12.7. The van der Waals surface area contributed by atoms with Crippen LogP contribution in [0.2, 0.25) is 0 Å². The van der Waals surface area contributed by atoms with Gasteiger partial charge in [0, 0.05) is 32.6 Å². The molecule has 6 heteroatoms. The lowest BCUT2D eigenvalue weighted by Gasteiger charge is -2.27. The molecule has 0 radical (unpaired) electrons. The second-order valence-electron chi connectivity index (χ2n) is 7.95. The Morgan fingerprint density at radius 3 is 2.33 bits per heavy atom. The van der Waals surface area contributed by atoms with Crippen LogP contribution in [-0.2, 0) is 10.2 Å². The van der Waals surface area contributed by atoms with Crippen molar-refractivity contribution in [2.45, 2.75) is 40.0 Å². The normalized spacial score (nSPS) is 12.1. The predicted molar refractivity (Wildman–Crippen MR) is 112 cm³/mol. The first kappa shape index (κ1) is 22.8. The molecule has 0 heterocycles. The van der Waals surface area contributed by atoms with E-state index in [1.54, 1.807) is 19.0 Å². The molecule has 1 aromatic rings. The Kier molecular flexibility index (Phi) is 9.12. The number of guanidine groups is 1. The van der Waals surface area contributed by atoms with Crippen LogP contribution >= 0.6 is 0 Å². The third-order valence-corrected chi connectivity index (χ3v) is 4.13. The molecule has 27 heavy (non-hydrogen) atoms. The summed E-state index contributed by atoms with van der Waals surface area (Å²) in [7, 11) is 3.46. The van der Waals surface area contributed by atoms with Crippen molar-refractivity contribution in [3.05, 3.63) is 29.8 Å². The van der Waals surface area contributed by atoms with Gasteiger partial charge >= 0.3 is 0 Å². The zero-order valence-electron chi connectivity index (χ0n) is 17.9. The van der Waals surface area contributed by atoms with E-state index in [0.29, 0.717) is 18.4 Å². The summed E-state index contributed by atoms with van der Waals surface area (Å²) < 4.78 is 5.76. The van der Waals surface area contributed by atoms with Crippen LogP contribution in [0.25, 0.3) is 0 Å². The molecule has 0 spiro atoms. The second kappa shape index (κ2) is 10.8. The van der Waals surface area contributed by atoms with Gasteiger partial charge in [0.15, 0.2) is 5.96 Å². The third-order valence-electron chi connectivity index (χ3n) is 4.13. The number of likely N-dealkylation sites (N-methyl/N-ethyl adjacent to an activating group) is 1. The number of carbonyl (C=O) groups excluding carboxylic acids is 1. The maximum atomic E-state index is 11.8. The molecule has 2 N–H and O–H groups in total. The van der Waals surface area contributed by atoms with Crippen molar-refractivity contribution in [1.82, 2.24) is 15.5 Å². The van der Waals surface area contributed by atoms with Crippen molar-refractivity contribution in [2.24, 2.45) is 10.9 Å². The van der Waals surface area contributed by atoms with Crippen molar-refractivity contribution >= 4 is 11.9 Å². The van der Waals surface area contributed by atoms with Gasteiger partial charge in [-0.2, -0.15) is 0 Å². The van der Waals surface area contributed by atoms with Crippen molar-refractivity contribution in [3.63, 3.8) is 0 Å². The van der Waals surface area contributed by atoms with Crippen molar-refractivity contribution in [3.8, 4) is 5.75 Å². The number of hydrogen-bond acceptors (Lipinski definition) is 3. The molecule has 0 saturated carbocycles. The zero-order valence-corrected chi connectivity index (χ0v) is 17.9. The van der Waals surface area contributed by atoms with Gasteiger partial charge in [-0.3, -0.25) is 4.79 Å². The molecular weight excluding hydrogens is 340 g/mol. The number of carbonyl (C=O) groups is 1. The molecule has 0 atom stereocenters. The molecule has 0 saturated heterocycles. The maximum absolute atomic E-state index is 11.8. The van der Waals surface area contributed by atoms with Crippen LogP contribution in [0.5, 0.6) is 5.75 Å². The topological polar surface area (TPSA) is 66.0 Å². The molecule has 1 amide bonds. The molecule has 0 unspecified atom stereocenters. The van der Waals surface area contributed by atoms with E-state index in [1.165, 1.54) is 5.56 Å². The molecular formula is C21H36N4O2. The van der Waals surface area contributed by atoms with Crippen LogP contribution in [0.1, 0.15) is 40.2 Å². The lowest BCUT2D eigenvalue weighted by molar-refractivity contribution is -0.127. The number of ether oxygens (including phenoxy) is 1. The van der Waals surface area contributed by atoms with Crippen LogP contribution in [-0.4, -0.2) is 57.1 Å². The Morgan fingerprint density at radius 2 is 1.81 bits per heavy atom. The average molecular weight is 377 g/mol. The minimum atomic E-state index is -0.0989. The van der Waals surface area contributed by atoms with E-state index in [0.717, 1.165) is 18.9 Å². The molecule has 6 nitrogen and oxygen atoms in total. The van der Waals surface area contributed by atoms with Crippen molar-refractivity contribution in [2.75, 3.05) is 40.3 Å². The van der Waals surface area contributed by atoms with E-state index in [2.05, 4.69) is 55.5 Å². The number of aliphatic imine (C=N–C) groups is 1. The van der Waals surface area contributed by atoms with Gasteiger partial charge in [-0.1, -0.05) is 39.8 Å². The van der Waals surface area contributed by atoms with E-state index in [9.17, 15) is 4.79 Å². The van der Waals surface area contributed by atoms with E-state index >= 15 is 0 Å². The Morgan fingerprint density at radius 1 is 1.19 bits per heavy atom. The molecule has 0 bridgehead atoms. The monoisotopic (exact) mass is 376 g/mol. The van der Waals surface area contributed by atoms with Gasteiger partial charge in [0.25, 0.3) is 0 Å². The van der Waals surface area contributed by atoms with E-state index in [1.807, 2.05) is 19.1 Å². The molecule has 152 valence electrons. The smallest absolute Gasteiger partial charge is 0.243 e. The number of benzene rings is 1. The van der Waals surface area contributed by atoms with Crippen molar-refractivity contribution in [1.29, 1.82) is 0 Å². The number of rotatable bonds is 9. The Balaban J connectivity index is 2.70. The number of nitrogens with one attached hydrogen (secondary N) is 2. The highest BCUT2D eigenvalue weighted by Crippen LogP contribution is 2.24. The Bertz CT molecular complexity index is 607. The largest absolute Gasteiger partial charge is 0.493 e. The van der Waals surface area contributed by atoms with Crippen molar-refractivity contribution < 1.29 is 9.53 Å². The standard InChI is InChI=1S/C21H36N4O2/c1-8-22-20(23-13-19(26)25(6)7)24-15-21(4,5)17-9-11-18(12-10-17)27-14-16(2)3/h9-12,16H,8,13-15H2,1-7H3,(H2,22,23,24). The summed E-state index contributed by atoms with van der Waals surface area (Å²) >= 11 is 0. The Hall–Kier alpha value is -2.24. The van der Waals surface area contributed by atoms with Crippen LogP contribution in [0, 0.1) is 5.92 Å². The van der Waals surface area contributed by atoms with Crippen LogP contribution in [0.4, 0.5) is 0 Å². The fraction of sp³-hybridized carbons (Fsp3) is 0.619. The van der Waals surface area contributed by atoms with Gasteiger partial charge in [-0.15, -0.1) is 0 Å². The molecule has 0 aliphatic heterocycles. The van der Waals surface area contributed by atoms with Crippen LogP contribution in [0.3, 0.4) is 0 Å². The van der Waals surface area contributed by atoms with E-state index in [4.69, 9.17) is 4.74 Å². The van der Waals surface area contributed by atoms with Crippen LogP contribution in [0.15, 0.2) is 29.3 Å². The molecule has 0 aliphatic carbocycles. The summed E-state index contributed by atoms with van der Waals surface area (Å²) in [4.78, 5) is 17.7. The minimum Gasteiger partial charge on any atom is -0.493 e. The predicted octanol–water partition coefficient (Wildman–Crippen LogP) is 2.64. The highest BCUT2D eigenvalue weighted by molar-refractivity contribution is 5.84. The van der Waals surface area contributed by atoms with Gasteiger partial charge < -0.3 is 20.3 Å². The summed E-state index contributed by atoms with van der Waals surface area (Å²) in [5.74, 6) is 2.03. The summed E-state index contributed by atoms with van der Waals surface area (Å²) in [5, 5.41) is 6.53. The summed E-state index contributed by atoms with van der Waals surface area (Å²) in [5.41, 5.74) is 1.12. The fourth-order valence-corrected chi connectivity index (χ4v) is 2.30. The SMILES string of the molecule is CCNC(=NCC(=O)N(C)C)NCC(C)(C)c1ccc(OCC(C)C)cc1. The summed E-state index contributed by atoms with van der Waals surface area (Å²) in [6.07, 6.45) is 0. The molecule has 0 aliphatic rings. The first-order valence-electron chi connectivity index (χ1n) is 9.61. The number of hydrogen-bond donors (Lipinski definition) is 2. The Labute approximate surface area is 164 Å². The van der Waals surface area contributed by atoms with Crippen LogP contribution < -0.4 is 15.4 Å². The lowest BCUT2D eigenvalue weighted by atomic mass is 9.84. The van der Waals surface area contributed by atoms with Gasteiger partial charge in [-0.05, 0) is 30.5 Å². The molecule has 1 aromatic carbocycles. The molecule has 0 aromatic heterocycles. The number of nitrogens with zero attached hydrogens (tertiary/aromatic N) is 2. The maximum Gasteiger partial charge on any atom is 0.243 e. The van der Waals surface area contributed by atoms with Gasteiger partial charge in [0.05, 0.1) is 6.61 Å². The first-order valence-corrected chi connectivity index (χ1v) is 9.61. The molecule has 1 rings (SSSR count). The lowest BCUT2D eigenvalue weighted by Crippen LogP contribution is -2.44. The van der Waals surface area contributed by atoms with Gasteiger partial charge in [0.1, 0.15) is 12.3 Å². The number of amides is 1. The summed E-state index contributed by atoms with van der Waals surface area (Å²) in [6.45, 7) is 12.9. The highest BCUT2D eigenvalue weighted by atomic mass is 16.5. The fourth-order valence-electron chi connectivity index (χ4n) is 2.30. The zero-order chi connectivity index (χ0) is 20.4. The van der Waals surface area contributed by atoms with Gasteiger partial charge in [-0.25, -0.2) is 4.99 Å². The van der Waals surface area contributed by atoms with Gasteiger partial charge in [0.2, 0.25) is 5.91 Å². The quantitative estimate of drug-likeness (QED) is 0.514. The average Bonchev–Trinajstić information content (AvgIpc) is 2.62. The van der Waals surface area contributed by atoms with E-state index < -0.39 is 0 Å². The second-order valence-corrected chi connectivity index (χ2v) is 7.95. The highest BCUT2D eigenvalue weighted by Gasteiger charge is 2.21. The summed E-state index contributed by atoms with van der Waals surface area (Å²) in [6, 6.07) is 8.26. The van der Waals surface area contributed by atoms with E-state index in [-0.39, 0.29) is 17.9 Å². The third kappa shape index (κ3) is 8.33. The minimum absolute atomic E-state index is 0.0246.